The Hall–Kier alpha value is -3.00. The van der Waals surface area contributed by atoms with Crippen molar-refractivity contribution < 1.29 is 14.3 Å². The molecule has 1 aromatic carbocycles. The van der Waals surface area contributed by atoms with Gasteiger partial charge in [0.15, 0.2) is 0 Å². The van der Waals surface area contributed by atoms with Crippen molar-refractivity contribution in [1.29, 1.82) is 0 Å². The molecule has 1 spiro atoms. The van der Waals surface area contributed by atoms with Gasteiger partial charge < -0.3 is 20.3 Å². The number of aliphatic hydroxyl groups excluding tert-OH is 1. The van der Waals surface area contributed by atoms with Gasteiger partial charge in [0.1, 0.15) is 23.6 Å². The predicted octanol–water partition coefficient (Wildman–Crippen LogP) is 2.86. The largest absolute Gasteiger partial charge is 0.394 e. The maximum atomic E-state index is 13.5. The first-order chi connectivity index (χ1) is 15.0. The van der Waals surface area contributed by atoms with Crippen LogP contribution in [0.25, 0.3) is 11.0 Å². The summed E-state index contributed by atoms with van der Waals surface area (Å²) < 4.78 is 13.5. The number of hydrogen-bond donors (Lipinski definition) is 3. The third-order valence-electron chi connectivity index (χ3n) is 6.88. The van der Waals surface area contributed by atoms with Gasteiger partial charge in [0.05, 0.1) is 18.0 Å². The topological polar surface area (TPSA) is 94.1 Å². The molecule has 8 heteroatoms. The van der Waals surface area contributed by atoms with E-state index in [2.05, 4.69) is 25.2 Å². The van der Waals surface area contributed by atoms with Crippen LogP contribution in [0.3, 0.4) is 0 Å². The summed E-state index contributed by atoms with van der Waals surface area (Å²) in [4.78, 5) is 27.4. The van der Waals surface area contributed by atoms with Crippen molar-refractivity contribution in [2.75, 3.05) is 24.6 Å². The number of fused-ring (bicyclic) bond motifs is 1. The summed E-state index contributed by atoms with van der Waals surface area (Å²) in [5, 5.41) is 13.9. The van der Waals surface area contributed by atoms with E-state index < -0.39 is 6.04 Å². The maximum absolute atomic E-state index is 13.5. The molecule has 1 aliphatic carbocycles. The molecule has 0 radical (unpaired) electrons. The Balaban J connectivity index is 1.33. The van der Waals surface area contributed by atoms with E-state index in [1.54, 1.807) is 19.3 Å². The second kappa shape index (κ2) is 7.60. The Morgan fingerprint density at radius 3 is 2.97 bits per heavy atom. The molecule has 1 saturated carbocycles. The van der Waals surface area contributed by atoms with Crippen LogP contribution < -0.4 is 10.2 Å². The first kappa shape index (κ1) is 19.9. The number of aliphatic hydroxyl groups is 1. The average molecular weight is 423 g/mol. The van der Waals surface area contributed by atoms with Gasteiger partial charge in [-0.2, -0.15) is 0 Å². The number of amides is 1. The summed E-state index contributed by atoms with van der Waals surface area (Å²) in [7, 11) is 0. The summed E-state index contributed by atoms with van der Waals surface area (Å²) in [6, 6.07) is 5.87. The number of benzene rings is 1. The Morgan fingerprint density at radius 1 is 1.39 bits per heavy atom. The highest BCUT2D eigenvalue weighted by atomic mass is 19.1. The number of H-pyrrole nitrogens is 1. The van der Waals surface area contributed by atoms with Gasteiger partial charge in [-0.1, -0.05) is 6.07 Å². The van der Waals surface area contributed by atoms with Crippen LogP contribution >= 0.6 is 0 Å². The van der Waals surface area contributed by atoms with Gasteiger partial charge in [-0.3, -0.25) is 4.79 Å². The number of anilines is 1. The number of carbonyl (C=O) groups is 1. The summed E-state index contributed by atoms with van der Waals surface area (Å²) in [5.74, 6) is 0.442. The quantitative estimate of drug-likeness (QED) is 0.587. The lowest BCUT2D eigenvalue weighted by molar-refractivity contribution is -0.129. The first-order valence-electron chi connectivity index (χ1n) is 10.7. The van der Waals surface area contributed by atoms with Crippen molar-refractivity contribution in [3.05, 3.63) is 53.7 Å². The molecule has 2 fully saturated rings. The number of piperidine rings is 1. The van der Waals surface area contributed by atoms with Crippen LogP contribution in [0.2, 0.25) is 0 Å². The number of aromatic nitrogens is 3. The highest BCUT2D eigenvalue weighted by Gasteiger charge is 2.55. The van der Waals surface area contributed by atoms with E-state index in [1.807, 2.05) is 12.3 Å². The number of nitrogens with one attached hydrogen (secondary N) is 2. The zero-order chi connectivity index (χ0) is 21.6. The fourth-order valence-corrected chi connectivity index (χ4v) is 5.05. The van der Waals surface area contributed by atoms with Crippen LogP contribution in [-0.4, -0.2) is 45.7 Å². The van der Waals surface area contributed by atoms with Crippen LogP contribution in [-0.2, 0) is 4.79 Å². The summed E-state index contributed by atoms with van der Waals surface area (Å²) >= 11 is 0. The Kier molecular flexibility index (Phi) is 4.89. The SMILES string of the molecule is Cc1cc(F)ccc1[C@H](CO)NC(=O)C1CCN(c2ncnc3[nH]ccc23)CC12CC2. The molecule has 0 bridgehead atoms. The Bertz CT molecular complexity index is 1130. The molecular weight excluding hydrogens is 397 g/mol. The number of aromatic amines is 1. The number of halogens is 1. The van der Waals surface area contributed by atoms with Gasteiger partial charge in [0, 0.05) is 25.2 Å². The van der Waals surface area contributed by atoms with Crippen molar-refractivity contribution >= 4 is 22.8 Å². The number of hydrogen-bond acceptors (Lipinski definition) is 5. The molecule has 1 amide bonds. The van der Waals surface area contributed by atoms with Crippen molar-refractivity contribution in [2.24, 2.45) is 11.3 Å². The van der Waals surface area contributed by atoms with E-state index in [0.29, 0.717) is 0 Å². The lowest BCUT2D eigenvalue weighted by atomic mass is 9.81. The standard InChI is InChI=1S/C23H26FN5O2/c1-14-10-15(24)2-3-16(14)19(11-30)28-22(31)18-5-9-29(12-23(18)6-7-23)21-17-4-8-25-20(17)26-13-27-21/h2-4,8,10,13,18-19,30H,5-7,9,11-12H2,1H3,(H,28,31)(H,25,26,27)/t18?,19-/m0/s1. The molecule has 31 heavy (non-hydrogen) atoms. The van der Waals surface area contributed by atoms with Crippen LogP contribution in [0.1, 0.15) is 36.4 Å². The normalized spacial score (nSPS) is 20.7. The summed E-state index contributed by atoms with van der Waals surface area (Å²) in [6.45, 7) is 3.08. The minimum absolute atomic E-state index is 0.0330. The third kappa shape index (κ3) is 3.54. The molecule has 2 aromatic heterocycles. The van der Waals surface area contributed by atoms with Crippen LogP contribution in [0.4, 0.5) is 10.2 Å². The average Bonchev–Trinajstić information content (AvgIpc) is 3.33. The smallest absolute Gasteiger partial charge is 0.224 e. The summed E-state index contributed by atoms with van der Waals surface area (Å²) in [6.07, 6.45) is 6.17. The summed E-state index contributed by atoms with van der Waals surface area (Å²) in [5.41, 5.74) is 2.22. The van der Waals surface area contributed by atoms with Crippen molar-refractivity contribution in [3.63, 3.8) is 0 Å². The van der Waals surface area contributed by atoms with Crippen LogP contribution in [0.5, 0.6) is 0 Å². The molecule has 1 saturated heterocycles. The molecule has 2 aliphatic rings. The number of carbonyl (C=O) groups excluding carboxylic acids is 1. The minimum Gasteiger partial charge on any atom is -0.394 e. The van der Waals surface area contributed by atoms with E-state index in [-0.39, 0.29) is 29.7 Å². The van der Waals surface area contributed by atoms with Gasteiger partial charge >= 0.3 is 0 Å². The molecule has 5 rings (SSSR count). The molecule has 1 unspecified atom stereocenters. The van der Waals surface area contributed by atoms with Gasteiger partial charge in [-0.15, -0.1) is 0 Å². The van der Waals surface area contributed by atoms with Gasteiger partial charge in [-0.25, -0.2) is 14.4 Å². The molecule has 162 valence electrons. The number of rotatable bonds is 5. The molecule has 2 atom stereocenters. The first-order valence-corrected chi connectivity index (χ1v) is 10.7. The fraction of sp³-hybridized carbons (Fsp3) is 0.435. The van der Waals surface area contributed by atoms with Crippen molar-refractivity contribution in [1.82, 2.24) is 20.3 Å². The van der Waals surface area contributed by atoms with E-state index in [1.165, 1.54) is 12.1 Å². The molecule has 1 aliphatic heterocycles. The van der Waals surface area contributed by atoms with Gasteiger partial charge in [0.2, 0.25) is 5.91 Å². The Morgan fingerprint density at radius 2 is 2.23 bits per heavy atom. The molecule has 3 aromatic rings. The second-order valence-corrected chi connectivity index (χ2v) is 8.81. The van der Waals surface area contributed by atoms with Crippen LogP contribution in [0.15, 0.2) is 36.8 Å². The highest BCUT2D eigenvalue weighted by molar-refractivity contribution is 5.88. The van der Waals surface area contributed by atoms with E-state index in [4.69, 9.17) is 0 Å². The second-order valence-electron chi connectivity index (χ2n) is 8.81. The number of nitrogens with zero attached hydrogens (tertiary/aromatic N) is 3. The fourth-order valence-electron chi connectivity index (χ4n) is 5.05. The van der Waals surface area contributed by atoms with E-state index in [9.17, 15) is 14.3 Å². The Labute approximate surface area is 179 Å². The maximum Gasteiger partial charge on any atom is 0.224 e. The van der Waals surface area contributed by atoms with Crippen LogP contribution in [0, 0.1) is 24.1 Å². The van der Waals surface area contributed by atoms with Crippen molar-refractivity contribution in [3.8, 4) is 0 Å². The minimum atomic E-state index is -0.539. The molecule has 3 heterocycles. The molecular formula is C23H26FN5O2. The highest BCUT2D eigenvalue weighted by Crippen LogP contribution is 2.56. The van der Waals surface area contributed by atoms with E-state index >= 15 is 0 Å². The third-order valence-corrected chi connectivity index (χ3v) is 6.88. The number of aryl methyl sites for hydroxylation is 1. The molecule has 7 nitrogen and oxygen atoms in total. The van der Waals surface area contributed by atoms with Gasteiger partial charge in [0.25, 0.3) is 0 Å². The van der Waals surface area contributed by atoms with Crippen molar-refractivity contribution in [2.45, 2.75) is 32.2 Å². The lowest BCUT2D eigenvalue weighted by Crippen LogP contribution is -2.49. The van der Waals surface area contributed by atoms with Gasteiger partial charge in [-0.05, 0) is 60.9 Å². The zero-order valence-corrected chi connectivity index (χ0v) is 17.4. The lowest BCUT2D eigenvalue weighted by Gasteiger charge is -2.39. The van der Waals surface area contributed by atoms with E-state index in [0.717, 1.165) is 60.3 Å². The monoisotopic (exact) mass is 423 g/mol. The predicted molar refractivity (Wildman–Crippen MR) is 115 cm³/mol. The molecule has 3 N–H and O–H groups in total. The zero-order valence-electron chi connectivity index (χ0n) is 17.4.